The van der Waals surface area contributed by atoms with E-state index in [2.05, 4.69) is 15.3 Å². The predicted molar refractivity (Wildman–Crippen MR) is 70.4 cm³/mol. The summed E-state index contributed by atoms with van der Waals surface area (Å²) in [4.78, 5) is 7.92. The molecule has 1 N–H and O–H groups in total. The van der Waals surface area contributed by atoms with Crippen LogP contribution in [0.1, 0.15) is 16.8 Å². The van der Waals surface area contributed by atoms with Gasteiger partial charge in [-0.25, -0.2) is 4.98 Å². The highest BCUT2D eigenvalue weighted by Crippen LogP contribution is 2.28. The van der Waals surface area contributed by atoms with Crippen molar-refractivity contribution in [1.82, 2.24) is 9.97 Å². The molecule has 0 aliphatic heterocycles. The molecule has 0 radical (unpaired) electrons. The van der Waals surface area contributed by atoms with Gasteiger partial charge in [-0.2, -0.15) is 13.2 Å². The van der Waals surface area contributed by atoms with Gasteiger partial charge in [0.1, 0.15) is 5.82 Å². The molecule has 0 aromatic carbocycles. The minimum absolute atomic E-state index is 0.429. The molecule has 0 aliphatic rings. The third-order valence-corrected chi connectivity index (χ3v) is 2.78. The number of nitrogens with zero attached hydrogens (tertiary/aromatic N) is 2. The Morgan fingerprint density at radius 3 is 2.40 bits per heavy atom. The number of pyridine rings is 2. The summed E-state index contributed by atoms with van der Waals surface area (Å²) in [6, 6.07) is 6.24. The van der Waals surface area contributed by atoms with Gasteiger partial charge in [0, 0.05) is 24.6 Å². The first-order valence-corrected chi connectivity index (χ1v) is 6.14. The zero-order valence-electron chi connectivity index (χ0n) is 10.9. The van der Waals surface area contributed by atoms with E-state index in [1.165, 1.54) is 6.07 Å². The largest absolute Gasteiger partial charge is 0.417 e. The Kier molecular flexibility index (Phi) is 4.22. The van der Waals surface area contributed by atoms with Crippen molar-refractivity contribution < 1.29 is 13.2 Å². The summed E-state index contributed by atoms with van der Waals surface area (Å²) in [5, 5.41) is 2.98. The van der Waals surface area contributed by atoms with Gasteiger partial charge in [-0.05, 0) is 37.1 Å². The average molecular weight is 281 g/mol. The number of nitrogens with one attached hydrogen (secondary N) is 1. The Hall–Kier alpha value is -2.11. The Balaban J connectivity index is 1.87. The van der Waals surface area contributed by atoms with Crippen LogP contribution in [0, 0.1) is 6.92 Å². The normalized spacial score (nSPS) is 11.4. The molecular weight excluding hydrogens is 267 g/mol. The van der Waals surface area contributed by atoms with Gasteiger partial charge in [0.05, 0.1) is 5.56 Å². The molecule has 20 heavy (non-hydrogen) atoms. The molecule has 106 valence electrons. The van der Waals surface area contributed by atoms with Crippen LogP contribution in [0.2, 0.25) is 0 Å². The molecule has 2 aromatic rings. The van der Waals surface area contributed by atoms with Gasteiger partial charge in [-0.3, -0.25) is 4.98 Å². The van der Waals surface area contributed by atoms with Crippen molar-refractivity contribution in [2.75, 3.05) is 11.9 Å². The Morgan fingerprint density at radius 2 is 1.85 bits per heavy atom. The fourth-order valence-electron chi connectivity index (χ4n) is 1.65. The first-order chi connectivity index (χ1) is 9.45. The van der Waals surface area contributed by atoms with Crippen molar-refractivity contribution in [3.63, 3.8) is 0 Å². The van der Waals surface area contributed by atoms with Crippen LogP contribution < -0.4 is 5.32 Å². The van der Waals surface area contributed by atoms with Gasteiger partial charge in [-0.15, -0.1) is 0 Å². The zero-order valence-corrected chi connectivity index (χ0v) is 10.9. The van der Waals surface area contributed by atoms with Gasteiger partial charge in [0.2, 0.25) is 0 Å². The van der Waals surface area contributed by atoms with Crippen LogP contribution in [0.3, 0.4) is 0 Å². The summed E-state index contributed by atoms with van der Waals surface area (Å²) in [5.41, 5.74) is 1.27. The van der Waals surface area contributed by atoms with E-state index in [0.29, 0.717) is 12.4 Å². The minimum atomic E-state index is -4.35. The molecule has 0 unspecified atom stereocenters. The van der Waals surface area contributed by atoms with Crippen LogP contribution >= 0.6 is 0 Å². The standard InChI is InChI=1S/C14H14F3N3/c1-10-2-3-11(8-19-10)6-7-18-13-5-4-12(9-20-13)14(15,16)17/h2-5,8-9H,6-7H2,1H3,(H,18,20). The molecular formula is C14H14F3N3. The fourth-order valence-corrected chi connectivity index (χ4v) is 1.65. The summed E-state index contributed by atoms with van der Waals surface area (Å²) in [6.45, 7) is 2.50. The molecule has 6 heteroatoms. The third-order valence-electron chi connectivity index (χ3n) is 2.78. The number of rotatable bonds is 4. The molecule has 0 saturated heterocycles. The van der Waals surface area contributed by atoms with E-state index in [0.717, 1.165) is 29.9 Å². The summed E-state index contributed by atoms with van der Waals surface area (Å²) in [5.74, 6) is 0.429. The molecule has 0 atom stereocenters. The van der Waals surface area contributed by atoms with Crippen molar-refractivity contribution in [1.29, 1.82) is 0 Å². The van der Waals surface area contributed by atoms with Crippen molar-refractivity contribution in [2.24, 2.45) is 0 Å². The highest BCUT2D eigenvalue weighted by molar-refractivity contribution is 5.36. The molecule has 0 bridgehead atoms. The molecule has 2 heterocycles. The van der Waals surface area contributed by atoms with Gasteiger partial charge in [0.15, 0.2) is 0 Å². The van der Waals surface area contributed by atoms with E-state index < -0.39 is 11.7 Å². The smallest absolute Gasteiger partial charge is 0.370 e. The Morgan fingerprint density at radius 1 is 1.05 bits per heavy atom. The lowest BCUT2D eigenvalue weighted by Crippen LogP contribution is -2.09. The van der Waals surface area contributed by atoms with Crippen LogP contribution in [0.15, 0.2) is 36.7 Å². The van der Waals surface area contributed by atoms with E-state index in [1.807, 2.05) is 19.1 Å². The molecule has 0 amide bonds. The van der Waals surface area contributed by atoms with Crippen LogP contribution in [0.25, 0.3) is 0 Å². The number of hydrogen-bond acceptors (Lipinski definition) is 3. The number of aromatic nitrogens is 2. The summed E-state index contributed by atoms with van der Waals surface area (Å²) < 4.78 is 37.1. The zero-order chi connectivity index (χ0) is 14.6. The maximum Gasteiger partial charge on any atom is 0.417 e. The maximum absolute atomic E-state index is 12.4. The topological polar surface area (TPSA) is 37.8 Å². The lowest BCUT2D eigenvalue weighted by molar-refractivity contribution is -0.137. The summed E-state index contributed by atoms with van der Waals surface area (Å²) >= 11 is 0. The Bertz CT molecular complexity index is 547. The summed E-state index contributed by atoms with van der Waals surface area (Å²) in [7, 11) is 0. The van der Waals surface area contributed by atoms with Gasteiger partial charge >= 0.3 is 6.18 Å². The van der Waals surface area contributed by atoms with Gasteiger partial charge in [0.25, 0.3) is 0 Å². The second kappa shape index (κ2) is 5.90. The monoisotopic (exact) mass is 281 g/mol. The first-order valence-electron chi connectivity index (χ1n) is 6.14. The van der Waals surface area contributed by atoms with Crippen molar-refractivity contribution in [2.45, 2.75) is 19.5 Å². The van der Waals surface area contributed by atoms with Crippen LogP contribution in [0.5, 0.6) is 0 Å². The lowest BCUT2D eigenvalue weighted by atomic mass is 10.2. The third kappa shape index (κ3) is 3.94. The number of halogens is 3. The van der Waals surface area contributed by atoms with Crippen LogP contribution in [-0.2, 0) is 12.6 Å². The second-order valence-electron chi connectivity index (χ2n) is 4.41. The van der Waals surface area contributed by atoms with Gasteiger partial charge in [-0.1, -0.05) is 6.07 Å². The molecule has 0 saturated carbocycles. The molecule has 0 fully saturated rings. The van der Waals surface area contributed by atoms with E-state index in [1.54, 1.807) is 6.20 Å². The average Bonchev–Trinajstić information content (AvgIpc) is 2.41. The summed E-state index contributed by atoms with van der Waals surface area (Å²) in [6.07, 6.45) is -0.998. The molecule has 0 aliphatic carbocycles. The second-order valence-corrected chi connectivity index (χ2v) is 4.41. The molecule has 0 spiro atoms. The quantitative estimate of drug-likeness (QED) is 0.932. The maximum atomic E-state index is 12.4. The fraction of sp³-hybridized carbons (Fsp3) is 0.286. The molecule has 2 aromatic heterocycles. The van der Waals surface area contributed by atoms with Crippen LogP contribution in [-0.4, -0.2) is 16.5 Å². The van der Waals surface area contributed by atoms with E-state index in [-0.39, 0.29) is 0 Å². The van der Waals surface area contributed by atoms with Gasteiger partial charge < -0.3 is 5.32 Å². The number of anilines is 1. The SMILES string of the molecule is Cc1ccc(CCNc2ccc(C(F)(F)F)cn2)cn1. The molecule has 2 rings (SSSR count). The van der Waals surface area contributed by atoms with E-state index >= 15 is 0 Å². The first kappa shape index (κ1) is 14.3. The van der Waals surface area contributed by atoms with Crippen molar-refractivity contribution >= 4 is 5.82 Å². The van der Waals surface area contributed by atoms with Crippen molar-refractivity contribution in [3.8, 4) is 0 Å². The number of hydrogen-bond donors (Lipinski definition) is 1. The lowest BCUT2D eigenvalue weighted by Gasteiger charge is -2.08. The number of alkyl halides is 3. The highest BCUT2D eigenvalue weighted by atomic mass is 19.4. The highest BCUT2D eigenvalue weighted by Gasteiger charge is 2.30. The van der Waals surface area contributed by atoms with E-state index in [4.69, 9.17) is 0 Å². The Labute approximate surface area is 114 Å². The predicted octanol–water partition coefficient (Wildman–Crippen LogP) is 3.46. The number of aryl methyl sites for hydroxylation is 1. The van der Waals surface area contributed by atoms with Crippen LogP contribution in [0.4, 0.5) is 19.0 Å². The molecule has 3 nitrogen and oxygen atoms in total. The van der Waals surface area contributed by atoms with Crippen molar-refractivity contribution in [3.05, 3.63) is 53.5 Å². The van der Waals surface area contributed by atoms with E-state index in [9.17, 15) is 13.2 Å². The minimum Gasteiger partial charge on any atom is -0.370 e.